The molecule has 5 heteroatoms. The summed E-state index contributed by atoms with van der Waals surface area (Å²) in [7, 11) is 0. The van der Waals surface area contributed by atoms with Gasteiger partial charge in [-0.05, 0) is 31.6 Å². The summed E-state index contributed by atoms with van der Waals surface area (Å²) < 4.78 is 0. The number of amides is 1. The van der Waals surface area contributed by atoms with Gasteiger partial charge in [-0.25, -0.2) is 9.97 Å². The van der Waals surface area contributed by atoms with Gasteiger partial charge in [-0.2, -0.15) is 0 Å². The van der Waals surface area contributed by atoms with Gasteiger partial charge in [0, 0.05) is 25.2 Å². The van der Waals surface area contributed by atoms with Gasteiger partial charge in [0.25, 0.3) is 5.91 Å². The van der Waals surface area contributed by atoms with Crippen LogP contribution in [0.3, 0.4) is 0 Å². The van der Waals surface area contributed by atoms with E-state index in [1.165, 1.54) is 32.0 Å². The molecule has 5 nitrogen and oxygen atoms in total. The second-order valence-electron chi connectivity index (χ2n) is 6.39. The maximum atomic E-state index is 12.3. The number of hydrogen-bond donors (Lipinski definition) is 1. The first kappa shape index (κ1) is 14.3. The molecule has 0 unspecified atom stereocenters. The van der Waals surface area contributed by atoms with Crippen LogP contribution in [0, 0.1) is 5.92 Å². The molecule has 1 aromatic heterocycles. The van der Waals surface area contributed by atoms with Gasteiger partial charge in [0.05, 0.1) is 0 Å². The fourth-order valence-corrected chi connectivity index (χ4v) is 3.21. The van der Waals surface area contributed by atoms with Crippen molar-refractivity contribution in [3.63, 3.8) is 0 Å². The molecule has 21 heavy (non-hydrogen) atoms. The molecule has 1 aliphatic heterocycles. The average molecular weight is 288 g/mol. The molecule has 0 bridgehead atoms. The molecule has 0 atom stereocenters. The summed E-state index contributed by atoms with van der Waals surface area (Å²) in [5, 5.41) is 3.08. The van der Waals surface area contributed by atoms with E-state index in [0.29, 0.717) is 11.7 Å². The van der Waals surface area contributed by atoms with Crippen LogP contribution in [0.5, 0.6) is 0 Å². The summed E-state index contributed by atoms with van der Waals surface area (Å²) in [6.07, 6.45) is 8.50. The Bertz CT molecular complexity index is 491. The number of nitrogens with one attached hydrogen (secondary N) is 1. The summed E-state index contributed by atoms with van der Waals surface area (Å²) in [5.74, 6) is 1.61. The molecule has 1 saturated heterocycles. The number of anilines is 1. The van der Waals surface area contributed by atoms with E-state index in [0.717, 1.165) is 37.7 Å². The van der Waals surface area contributed by atoms with E-state index in [9.17, 15) is 4.79 Å². The van der Waals surface area contributed by atoms with Crippen LogP contribution in [-0.4, -0.2) is 35.0 Å². The topological polar surface area (TPSA) is 58.1 Å². The molecule has 3 rings (SSSR count). The van der Waals surface area contributed by atoms with Gasteiger partial charge in [0.2, 0.25) is 0 Å². The smallest absolute Gasteiger partial charge is 0.270 e. The lowest BCUT2D eigenvalue weighted by molar-refractivity contribution is 0.0932. The molecular formula is C16H24N4O. The largest absolute Gasteiger partial charge is 0.356 e. The summed E-state index contributed by atoms with van der Waals surface area (Å²) in [6.45, 7) is 4.32. The Labute approximate surface area is 126 Å². The van der Waals surface area contributed by atoms with Gasteiger partial charge in [0.1, 0.15) is 17.8 Å². The number of aromatic nitrogens is 2. The summed E-state index contributed by atoms with van der Waals surface area (Å²) in [4.78, 5) is 23.0. The second kappa shape index (κ2) is 6.41. The number of nitrogens with zero attached hydrogens (tertiary/aromatic N) is 3. The highest BCUT2D eigenvalue weighted by Gasteiger charge is 2.21. The monoisotopic (exact) mass is 288 g/mol. The third kappa shape index (κ3) is 3.52. The molecule has 1 aromatic rings. The van der Waals surface area contributed by atoms with E-state index in [2.05, 4.69) is 27.1 Å². The first-order valence-electron chi connectivity index (χ1n) is 8.10. The number of carbonyl (C=O) groups excluding carboxylic acids is 1. The number of piperidine rings is 1. The Hall–Kier alpha value is -1.65. The van der Waals surface area contributed by atoms with E-state index in [-0.39, 0.29) is 5.91 Å². The van der Waals surface area contributed by atoms with Crippen LogP contribution >= 0.6 is 0 Å². The number of carbonyl (C=O) groups is 1. The fourth-order valence-electron chi connectivity index (χ4n) is 3.21. The predicted molar refractivity (Wildman–Crippen MR) is 82.4 cm³/mol. The van der Waals surface area contributed by atoms with Gasteiger partial charge < -0.3 is 10.2 Å². The van der Waals surface area contributed by atoms with Crippen LogP contribution in [0.25, 0.3) is 0 Å². The Morgan fingerprint density at radius 2 is 1.90 bits per heavy atom. The van der Waals surface area contributed by atoms with Crippen molar-refractivity contribution >= 4 is 11.7 Å². The zero-order chi connectivity index (χ0) is 14.7. The van der Waals surface area contributed by atoms with Gasteiger partial charge >= 0.3 is 0 Å². The van der Waals surface area contributed by atoms with Crippen molar-refractivity contribution in [3.8, 4) is 0 Å². The normalized spacial score (nSPS) is 20.7. The third-order valence-corrected chi connectivity index (χ3v) is 4.68. The van der Waals surface area contributed by atoms with Crippen LogP contribution in [0.2, 0.25) is 0 Å². The number of hydrogen-bond acceptors (Lipinski definition) is 4. The van der Waals surface area contributed by atoms with Gasteiger partial charge in [0.15, 0.2) is 0 Å². The standard InChI is InChI=1S/C16H24N4O/c1-12-6-8-20(9-7-12)15-10-14(17-11-18-15)16(21)19-13-4-2-3-5-13/h10-13H,2-9H2,1H3,(H,19,21). The third-order valence-electron chi connectivity index (χ3n) is 4.68. The van der Waals surface area contributed by atoms with Crippen molar-refractivity contribution in [2.75, 3.05) is 18.0 Å². The molecule has 1 aliphatic carbocycles. The highest BCUT2D eigenvalue weighted by Crippen LogP contribution is 2.22. The molecule has 1 amide bonds. The van der Waals surface area contributed by atoms with Crippen LogP contribution in [0.4, 0.5) is 5.82 Å². The molecule has 2 heterocycles. The SMILES string of the molecule is CC1CCN(c2cc(C(=O)NC3CCCC3)ncn2)CC1. The Kier molecular flexibility index (Phi) is 4.36. The molecule has 2 aliphatic rings. The van der Waals surface area contributed by atoms with Crippen LogP contribution in [0.1, 0.15) is 55.9 Å². The molecule has 114 valence electrons. The first-order chi connectivity index (χ1) is 10.2. The van der Waals surface area contributed by atoms with E-state index < -0.39 is 0 Å². The molecule has 2 fully saturated rings. The molecule has 0 radical (unpaired) electrons. The number of rotatable bonds is 3. The Balaban J connectivity index is 1.66. The zero-order valence-electron chi connectivity index (χ0n) is 12.7. The van der Waals surface area contributed by atoms with Crippen molar-refractivity contribution in [1.82, 2.24) is 15.3 Å². The molecule has 1 N–H and O–H groups in total. The van der Waals surface area contributed by atoms with Crippen molar-refractivity contribution in [1.29, 1.82) is 0 Å². The van der Waals surface area contributed by atoms with Crippen molar-refractivity contribution in [2.24, 2.45) is 5.92 Å². The Morgan fingerprint density at radius 1 is 1.19 bits per heavy atom. The molecule has 0 aromatic carbocycles. The van der Waals surface area contributed by atoms with Gasteiger partial charge in [-0.1, -0.05) is 19.8 Å². The lowest BCUT2D eigenvalue weighted by atomic mass is 9.99. The van der Waals surface area contributed by atoms with Crippen LogP contribution in [0.15, 0.2) is 12.4 Å². The van der Waals surface area contributed by atoms with Crippen LogP contribution in [-0.2, 0) is 0 Å². The van der Waals surface area contributed by atoms with E-state index in [1.807, 2.05) is 6.07 Å². The highest BCUT2D eigenvalue weighted by atomic mass is 16.1. The van der Waals surface area contributed by atoms with Crippen molar-refractivity contribution < 1.29 is 4.79 Å². The lowest BCUT2D eigenvalue weighted by Gasteiger charge is -2.31. The predicted octanol–water partition coefficient (Wildman–Crippen LogP) is 2.39. The molecular weight excluding hydrogens is 264 g/mol. The Morgan fingerprint density at radius 3 is 2.62 bits per heavy atom. The lowest BCUT2D eigenvalue weighted by Crippen LogP contribution is -2.35. The maximum Gasteiger partial charge on any atom is 0.270 e. The highest BCUT2D eigenvalue weighted by molar-refractivity contribution is 5.93. The van der Waals surface area contributed by atoms with Crippen molar-refractivity contribution in [3.05, 3.63) is 18.1 Å². The van der Waals surface area contributed by atoms with Crippen molar-refractivity contribution in [2.45, 2.75) is 51.5 Å². The summed E-state index contributed by atoms with van der Waals surface area (Å²) in [5.41, 5.74) is 0.491. The fraction of sp³-hybridized carbons (Fsp3) is 0.688. The van der Waals surface area contributed by atoms with Crippen LogP contribution < -0.4 is 10.2 Å². The summed E-state index contributed by atoms with van der Waals surface area (Å²) in [6, 6.07) is 2.16. The minimum Gasteiger partial charge on any atom is -0.356 e. The maximum absolute atomic E-state index is 12.3. The quantitative estimate of drug-likeness (QED) is 0.928. The van der Waals surface area contributed by atoms with E-state index >= 15 is 0 Å². The first-order valence-corrected chi connectivity index (χ1v) is 8.10. The minimum absolute atomic E-state index is 0.0593. The van der Waals surface area contributed by atoms with Gasteiger partial charge in [-0.15, -0.1) is 0 Å². The van der Waals surface area contributed by atoms with E-state index in [4.69, 9.17) is 0 Å². The average Bonchev–Trinajstić information content (AvgIpc) is 3.01. The zero-order valence-corrected chi connectivity index (χ0v) is 12.7. The van der Waals surface area contributed by atoms with Gasteiger partial charge in [-0.3, -0.25) is 4.79 Å². The second-order valence-corrected chi connectivity index (χ2v) is 6.39. The molecule has 1 saturated carbocycles. The summed E-state index contributed by atoms with van der Waals surface area (Å²) >= 11 is 0. The molecule has 0 spiro atoms. The minimum atomic E-state index is -0.0593. The van der Waals surface area contributed by atoms with E-state index in [1.54, 1.807) is 0 Å².